The summed E-state index contributed by atoms with van der Waals surface area (Å²) in [5.41, 5.74) is -5.63. The highest BCUT2D eigenvalue weighted by atomic mass is 32.2. The highest BCUT2D eigenvalue weighted by molar-refractivity contribution is 7.86. The van der Waals surface area contributed by atoms with Crippen molar-refractivity contribution in [2.45, 2.75) is 29.9 Å². The first-order chi connectivity index (χ1) is 9.90. The van der Waals surface area contributed by atoms with Gasteiger partial charge in [-0.2, -0.15) is 13.2 Å². The number of rotatable bonds is 4. The summed E-state index contributed by atoms with van der Waals surface area (Å²) in [6.07, 6.45) is 0. The molecule has 0 fully saturated rings. The molecule has 1 atom stereocenters. The van der Waals surface area contributed by atoms with E-state index < -0.39 is 32.8 Å². The van der Waals surface area contributed by atoms with Crippen LogP contribution in [0.1, 0.15) is 13.8 Å². The van der Waals surface area contributed by atoms with Crippen molar-refractivity contribution in [1.29, 1.82) is 0 Å². The summed E-state index contributed by atoms with van der Waals surface area (Å²) in [5.74, 6) is 0. The van der Waals surface area contributed by atoms with Gasteiger partial charge in [-0.15, -0.1) is 0 Å². The lowest BCUT2D eigenvalue weighted by atomic mass is 10.1. The van der Waals surface area contributed by atoms with Gasteiger partial charge in [0.25, 0.3) is 0 Å². The van der Waals surface area contributed by atoms with E-state index in [1.165, 1.54) is 37.9 Å². The third kappa shape index (κ3) is 5.64. The Bertz CT molecular complexity index is 553. The van der Waals surface area contributed by atoms with E-state index in [1.807, 2.05) is 0 Å². The largest absolute Gasteiger partial charge is 0.475 e. The summed E-state index contributed by atoms with van der Waals surface area (Å²) in [7, 11) is -1.63. The molecule has 1 aromatic rings. The third-order valence-corrected chi connectivity index (χ3v) is 3.62. The van der Waals surface area contributed by atoms with Gasteiger partial charge in [0.1, 0.15) is 0 Å². The second-order valence-corrected chi connectivity index (χ2v) is 6.81. The smallest absolute Gasteiger partial charge is 0.389 e. The maximum absolute atomic E-state index is 12.3. The number of benzene rings is 1. The van der Waals surface area contributed by atoms with E-state index in [1.54, 1.807) is 0 Å². The fourth-order valence-corrected chi connectivity index (χ4v) is 2.32. The van der Waals surface area contributed by atoms with Crippen molar-refractivity contribution in [2.75, 3.05) is 18.9 Å². The molecule has 9 heteroatoms. The number of aliphatic hydroxyl groups is 1. The first-order valence-electron chi connectivity index (χ1n) is 6.23. The summed E-state index contributed by atoms with van der Waals surface area (Å²) in [4.78, 5) is 12.7. The number of amides is 2. The number of nitrogens with zero attached hydrogens (tertiary/aromatic N) is 1. The number of carbonyl (C=O) groups excluding carboxylic acids is 1. The molecular formula is C13H17F3N2O3S. The second kappa shape index (κ2) is 6.66. The van der Waals surface area contributed by atoms with Crippen LogP contribution in [0.2, 0.25) is 0 Å². The van der Waals surface area contributed by atoms with E-state index in [4.69, 9.17) is 0 Å². The summed E-state index contributed by atoms with van der Waals surface area (Å²) < 4.78 is 48.1. The lowest BCUT2D eigenvalue weighted by Crippen LogP contribution is -2.41. The van der Waals surface area contributed by atoms with Crippen LogP contribution >= 0.6 is 0 Å². The van der Waals surface area contributed by atoms with E-state index in [-0.39, 0.29) is 12.2 Å². The highest BCUT2D eigenvalue weighted by Crippen LogP contribution is 2.26. The fraction of sp³-hybridized carbons (Fsp3) is 0.462. The topological polar surface area (TPSA) is 69.6 Å². The average molecular weight is 338 g/mol. The third-order valence-electron chi connectivity index (χ3n) is 2.50. The molecule has 1 aromatic carbocycles. The van der Waals surface area contributed by atoms with Crippen LogP contribution in [0, 0.1) is 0 Å². The van der Waals surface area contributed by atoms with Crippen molar-refractivity contribution in [2.24, 2.45) is 0 Å². The normalized spacial score (nSPS) is 13.6. The lowest BCUT2D eigenvalue weighted by molar-refractivity contribution is -0.0384. The molecule has 0 aliphatic carbocycles. The molecule has 0 aliphatic heterocycles. The molecule has 0 aliphatic rings. The summed E-state index contributed by atoms with van der Waals surface area (Å²) in [5, 5.41) is 12.1. The first kappa shape index (κ1) is 18.4. The summed E-state index contributed by atoms with van der Waals surface area (Å²) in [6, 6.07) is 4.01. The van der Waals surface area contributed by atoms with Crippen molar-refractivity contribution < 1.29 is 27.3 Å². The zero-order valence-corrected chi connectivity index (χ0v) is 13.1. The van der Waals surface area contributed by atoms with Crippen LogP contribution < -0.4 is 5.32 Å². The van der Waals surface area contributed by atoms with Crippen LogP contribution in [0.25, 0.3) is 0 Å². The minimum Gasteiger partial charge on any atom is -0.389 e. The molecule has 2 amide bonds. The van der Waals surface area contributed by atoms with Gasteiger partial charge in [0.2, 0.25) is 0 Å². The van der Waals surface area contributed by atoms with Crippen molar-refractivity contribution in [1.82, 2.24) is 4.90 Å². The van der Waals surface area contributed by atoms with Crippen molar-refractivity contribution in [3.63, 3.8) is 0 Å². The average Bonchev–Trinajstić information content (AvgIpc) is 2.35. The standard InChI is InChI=1S/C13H17F3N2O3S/c1-12(2,20)8-18(3)11(19)17-9-4-6-10(7-5-9)22(21)13(14,15)16/h4-7,20H,8H2,1-3H3,(H,17,19). The van der Waals surface area contributed by atoms with Gasteiger partial charge in [-0.1, -0.05) is 0 Å². The van der Waals surface area contributed by atoms with E-state index in [2.05, 4.69) is 5.32 Å². The van der Waals surface area contributed by atoms with Crippen molar-refractivity contribution >= 4 is 22.5 Å². The number of alkyl halides is 3. The summed E-state index contributed by atoms with van der Waals surface area (Å²) in [6.45, 7) is 3.16. The maximum Gasteiger partial charge on any atom is 0.475 e. The number of hydrogen-bond acceptors (Lipinski definition) is 3. The van der Waals surface area contributed by atoms with E-state index >= 15 is 0 Å². The molecule has 0 saturated heterocycles. The van der Waals surface area contributed by atoms with Gasteiger partial charge in [0.05, 0.1) is 12.1 Å². The van der Waals surface area contributed by atoms with Gasteiger partial charge < -0.3 is 15.3 Å². The monoisotopic (exact) mass is 338 g/mol. The summed E-state index contributed by atoms with van der Waals surface area (Å²) >= 11 is 0. The van der Waals surface area contributed by atoms with Gasteiger partial charge in [-0.3, -0.25) is 0 Å². The van der Waals surface area contributed by atoms with E-state index in [9.17, 15) is 27.3 Å². The molecule has 1 unspecified atom stereocenters. The van der Waals surface area contributed by atoms with Gasteiger partial charge in [-0.05, 0) is 38.1 Å². The van der Waals surface area contributed by atoms with Crippen LogP contribution in [-0.2, 0) is 10.8 Å². The molecule has 1 rings (SSSR count). The molecule has 2 N–H and O–H groups in total. The Morgan fingerprint density at radius 1 is 1.27 bits per heavy atom. The number of urea groups is 1. The quantitative estimate of drug-likeness (QED) is 0.886. The number of anilines is 1. The van der Waals surface area contributed by atoms with Gasteiger partial charge in [-0.25, -0.2) is 9.00 Å². The lowest BCUT2D eigenvalue weighted by Gasteiger charge is -2.25. The predicted molar refractivity (Wildman–Crippen MR) is 76.9 cm³/mol. The van der Waals surface area contributed by atoms with Crippen LogP contribution in [0.15, 0.2) is 29.2 Å². The molecule has 0 bridgehead atoms. The van der Waals surface area contributed by atoms with Crippen molar-refractivity contribution in [3.05, 3.63) is 24.3 Å². The Kier molecular flexibility index (Phi) is 5.58. The number of nitrogens with one attached hydrogen (secondary N) is 1. The minimum atomic E-state index is -4.82. The number of likely N-dealkylation sites (N-methyl/N-ethyl adjacent to an activating group) is 1. The molecule has 0 heterocycles. The zero-order valence-electron chi connectivity index (χ0n) is 12.3. The number of hydrogen-bond donors (Lipinski definition) is 2. The molecule has 5 nitrogen and oxygen atoms in total. The molecule has 0 spiro atoms. The van der Waals surface area contributed by atoms with Gasteiger partial charge >= 0.3 is 11.5 Å². The van der Waals surface area contributed by atoms with Crippen molar-refractivity contribution in [3.8, 4) is 0 Å². The minimum absolute atomic E-state index is 0.0784. The Morgan fingerprint density at radius 3 is 2.18 bits per heavy atom. The van der Waals surface area contributed by atoms with Gasteiger partial charge in [0.15, 0.2) is 10.8 Å². The van der Waals surface area contributed by atoms with Crippen LogP contribution in [0.4, 0.5) is 23.7 Å². The zero-order chi connectivity index (χ0) is 17.1. The first-order valence-corrected chi connectivity index (χ1v) is 7.38. The number of halogens is 3. The van der Waals surface area contributed by atoms with Crippen LogP contribution in [0.3, 0.4) is 0 Å². The molecule has 22 heavy (non-hydrogen) atoms. The Labute approximate surface area is 128 Å². The molecule has 0 aromatic heterocycles. The molecule has 124 valence electrons. The van der Waals surface area contributed by atoms with E-state index in [0.29, 0.717) is 0 Å². The molecular weight excluding hydrogens is 321 g/mol. The highest BCUT2D eigenvalue weighted by Gasteiger charge is 2.37. The SMILES string of the molecule is CN(CC(C)(C)O)C(=O)Nc1ccc(S(=O)C(F)(F)F)cc1. The van der Waals surface area contributed by atoms with Crippen LogP contribution in [0.5, 0.6) is 0 Å². The second-order valence-electron chi connectivity index (χ2n) is 5.34. The maximum atomic E-state index is 12.3. The number of carbonyl (C=O) groups is 1. The molecule has 0 saturated carbocycles. The van der Waals surface area contributed by atoms with Gasteiger partial charge in [0, 0.05) is 17.6 Å². The Morgan fingerprint density at radius 2 is 1.77 bits per heavy atom. The Balaban J connectivity index is 2.72. The van der Waals surface area contributed by atoms with Crippen LogP contribution in [-0.4, -0.2) is 44.9 Å². The Hall–Kier alpha value is -1.61. The fourth-order valence-electron chi connectivity index (χ4n) is 1.67. The van der Waals surface area contributed by atoms with E-state index in [0.717, 1.165) is 12.1 Å². The molecule has 0 radical (unpaired) electrons. The predicted octanol–water partition coefficient (Wildman–Crippen LogP) is 2.55.